The van der Waals surface area contributed by atoms with Gasteiger partial charge in [0.1, 0.15) is 18.4 Å². The van der Waals surface area contributed by atoms with Crippen molar-refractivity contribution < 1.29 is 18.7 Å². The lowest BCUT2D eigenvalue weighted by atomic mass is 9.94. The first-order valence-corrected chi connectivity index (χ1v) is 12.4. The van der Waals surface area contributed by atoms with Crippen LogP contribution in [-0.2, 0) is 33.2 Å². The molecule has 0 aliphatic rings. The van der Waals surface area contributed by atoms with E-state index < -0.39 is 23.5 Å². The summed E-state index contributed by atoms with van der Waals surface area (Å²) < 4.78 is 13.3. The molecule has 2 amide bonds. The van der Waals surface area contributed by atoms with Gasteiger partial charge in [-0.15, -0.1) is 0 Å². The van der Waals surface area contributed by atoms with Crippen molar-refractivity contribution >= 4 is 40.4 Å². The normalized spacial score (nSPS) is 13.3. The maximum atomic E-state index is 13.3. The van der Waals surface area contributed by atoms with Crippen LogP contribution in [0.15, 0.2) is 29.3 Å². The van der Waals surface area contributed by atoms with Crippen molar-refractivity contribution in [2.45, 2.75) is 65.0 Å². The summed E-state index contributed by atoms with van der Waals surface area (Å²) in [4.78, 5) is 40.9. The lowest BCUT2D eigenvalue weighted by Gasteiger charge is -2.28. The molecule has 0 aromatic carbocycles. The van der Waals surface area contributed by atoms with Crippen LogP contribution in [0.4, 0.5) is 5.13 Å². The number of primary amides is 1. The highest BCUT2D eigenvalue weighted by Crippen LogP contribution is 2.28. The molecule has 2 N–H and O–H groups in total. The number of hydrogen-bond donors (Lipinski definition) is 1. The number of amides is 2. The van der Waals surface area contributed by atoms with Crippen LogP contribution in [0, 0.1) is 0 Å². The van der Waals surface area contributed by atoms with Crippen LogP contribution in [0.5, 0.6) is 0 Å². The van der Waals surface area contributed by atoms with Gasteiger partial charge in [-0.1, -0.05) is 32.1 Å². The number of oxazole rings is 1. The fourth-order valence-electron chi connectivity index (χ4n) is 3.18. The second-order valence-corrected chi connectivity index (χ2v) is 11.5. The fourth-order valence-corrected chi connectivity index (χ4v) is 4.07. The lowest BCUT2D eigenvalue weighted by molar-refractivity contribution is -0.130. The van der Waals surface area contributed by atoms with Crippen molar-refractivity contribution in [1.29, 1.82) is 0 Å². The number of aryl methyl sites for hydroxylation is 1. The van der Waals surface area contributed by atoms with Gasteiger partial charge in [0.15, 0.2) is 5.13 Å². The maximum absolute atomic E-state index is 13.3. The second kappa shape index (κ2) is 10.8. The summed E-state index contributed by atoms with van der Waals surface area (Å²) >= 11 is 1.24. The van der Waals surface area contributed by atoms with Gasteiger partial charge in [-0.05, 0) is 26.8 Å². The van der Waals surface area contributed by atoms with Crippen molar-refractivity contribution in [2.75, 3.05) is 11.5 Å². The molecule has 10 nitrogen and oxygen atoms in total. The third kappa shape index (κ3) is 7.34. The van der Waals surface area contributed by atoms with E-state index in [0.29, 0.717) is 16.7 Å². The molecule has 0 spiro atoms. The highest BCUT2D eigenvalue weighted by molar-refractivity contribution is 7.16. The van der Waals surface area contributed by atoms with Crippen LogP contribution < -0.4 is 10.6 Å². The van der Waals surface area contributed by atoms with Gasteiger partial charge in [-0.2, -0.15) is 0 Å². The fraction of sp³-hybridized carbons (Fsp3) is 0.480. The molecular weight excluding hydrogens is 480 g/mol. The number of ether oxygens (including phenoxy) is 1. The van der Waals surface area contributed by atoms with Crippen LogP contribution in [0.1, 0.15) is 63.8 Å². The van der Waals surface area contributed by atoms with Crippen LogP contribution in [0.25, 0.3) is 12.2 Å². The molecule has 0 aliphatic carbocycles. The van der Waals surface area contributed by atoms with E-state index in [1.165, 1.54) is 16.2 Å². The zero-order valence-electron chi connectivity index (χ0n) is 21.8. The number of thiazole rings is 1. The van der Waals surface area contributed by atoms with Crippen molar-refractivity contribution in [3.8, 4) is 0 Å². The molecule has 11 heteroatoms. The van der Waals surface area contributed by atoms with E-state index in [0.717, 1.165) is 10.6 Å². The predicted molar refractivity (Wildman–Crippen MR) is 139 cm³/mol. The molecule has 0 saturated carbocycles. The summed E-state index contributed by atoms with van der Waals surface area (Å²) in [6, 6.07) is -0.986. The van der Waals surface area contributed by atoms with Gasteiger partial charge in [0.05, 0.1) is 23.8 Å². The Labute approximate surface area is 215 Å². The molecule has 0 aliphatic heterocycles. The Morgan fingerprint density at radius 2 is 1.89 bits per heavy atom. The first-order valence-electron chi connectivity index (χ1n) is 11.6. The third-order valence-corrected chi connectivity index (χ3v) is 6.03. The molecular formula is C25H34N6O4S. The second-order valence-electron chi connectivity index (χ2n) is 10.5. The predicted octanol–water partition coefficient (Wildman–Crippen LogP) is 3.58. The SMILES string of the molecule is Cn1cnc(C[C@@H](C(N)=O)N(C(=O)COC(C)(C)C)c2ncc(/C=C/c3ncc(C(C)(C)C)o3)s2)c1. The summed E-state index contributed by atoms with van der Waals surface area (Å²) in [7, 11) is 1.83. The van der Waals surface area contributed by atoms with E-state index in [9.17, 15) is 9.59 Å². The smallest absolute Gasteiger partial charge is 0.255 e. The molecule has 3 aromatic heterocycles. The Morgan fingerprint density at radius 1 is 1.17 bits per heavy atom. The molecule has 3 heterocycles. The molecule has 194 valence electrons. The summed E-state index contributed by atoms with van der Waals surface area (Å²) in [5.41, 5.74) is 5.71. The quantitative estimate of drug-likeness (QED) is 0.462. The molecule has 0 unspecified atom stereocenters. The van der Waals surface area contributed by atoms with E-state index in [-0.39, 0.29) is 18.4 Å². The van der Waals surface area contributed by atoms with Crippen molar-refractivity contribution in [3.63, 3.8) is 0 Å². The van der Waals surface area contributed by atoms with Crippen LogP contribution in [0.2, 0.25) is 0 Å². The van der Waals surface area contributed by atoms with Crippen LogP contribution in [0.3, 0.4) is 0 Å². The molecule has 0 saturated heterocycles. The first-order chi connectivity index (χ1) is 16.7. The number of carbonyl (C=O) groups excluding carboxylic acids is 2. The van der Waals surface area contributed by atoms with Crippen molar-refractivity contribution in [3.05, 3.63) is 47.1 Å². The van der Waals surface area contributed by atoms with E-state index in [2.05, 4.69) is 15.0 Å². The number of hydrogen-bond acceptors (Lipinski definition) is 8. The molecule has 3 rings (SSSR count). The van der Waals surface area contributed by atoms with Gasteiger partial charge in [0.25, 0.3) is 5.91 Å². The molecule has 1 atom stereocenters. The summed E-state index contributed by atoms with van der Waals surface area (Å²) in [5.74, 6) is 0.164. The Morgan fingerprint density at radius 3 is 2.44 bits per heavy atom. The first kappa shape index (κ1) is 27.3. The van der Waals surface area contributed by atoms with Gasteiger partial charge < -0.3 is 19.5 Å². The summed E-state index contributed by atoms with van der Waals surface area (Å²) in [6.07, 6.45) is 10.4. The Kier molecular flexibility index (Phi) is 8.15. The topological polar surface area (TPSA) is 129 Å². The number of nitrogens with zero attached hydrogens (tertiary/aromatic N) is 5. The van der Waals surface area contributed by atoms with E-state index in [4.69, 9.17) is 14.9 Å². The minimum Gasteiger partial charge on any atom is -0.441 e. The Bertz CT molecular complexity index is 1230. The zero-order chi connectivity index (χ0) is 26.7. The van der Waals surface area contributed by atoms with Gasteiger partial charge in [-0.25, -0.2) is 15.0 Å². The average Bonchev–Trinajstić information content (AvgIpc) is 3.50. The number of anilines is 1. The highest BCUT2D eigenvalue weighted by Gasteiger charge is 2.33. The maximum Gasteiger partial charge on any atom is 0.255 e. The van der Waals surface area contributed by atoms with Gasteiger partial charge in [0.2, 0.25) is 11.8 Å². The molecule has 3 aromatic rings. The monoisotopic (exact) mass is 514 g/mol. The zero-order valence-corrected chi connectivity index (χ0v) is 22.6. The van der Waals surface area contributed by atoms with Gasteiger partial charge in [0, 0.05) is 42.2 Å². The van der Waals surface area contributed by atoms with Crippen LogP contribution in [-0.4, -0.2) is 49.6 Å². The van der Waals surface area contributed by atoms with Crippen LogP contribution >= 0.6 is 11.3 Å². The van der Waals surface area contributed by atoms with E-state index >= 15 is 0 Å². The van der Waals surface area contributed by atoms with E-state index in [1.54, 1.807) is 41.6 Å². The number of nitrogens with two attached hydrogens (primary N) is 1. The molecule has 0 fully saturated rings. The third-order valence-electron chi connectivity index (χ3n) is 5.07. The largest absolute Gasteiger partial charge is 0.441 e. The number of rotatable bonds is 9. The minimum atomic E-state index is -0.986. The molecule has 0 radical (unpaired) electrons. The number of carbonyl (C=O) groups is 2. The lowest BCUT2D eigenvalue weighted by Crippen LogP contribution is -2.51. The van der Waals surface area contributed by atoms with Crippen molar-refractivity contribution in [1.82, 2.24) is 19.5 Å². The molecule has 0 bridgehead atoms. The average molecular weight is 515 g/mol. The number of imidazole rings is 1. The Balaban J connectivity index is 1.89. The molecule has 36 heavy (non-hydrogen) atoms. The Hall–Kier alpha value is -3.31. The minimum absolute atomic E-state index is 0.147. The van der Waals surface area contributed by atoms with Gasteiger partial charge in [-0.3, -0.25) is 14.5 Å². The standard InChI is InChI=1S/C25H34N6O4S/c1-24(2,3)19-12-27-20(35-19)9-8-17-11-28-23(36-17)31(21(32)14-34-25(4,5)6)18(22(26)33)10-16-13-30(7)15-29-16/h8-9,11-13,15,18H,10,14H2,1-7H3,(H2,26,33)/b9-8+/t18-/m0/s1. The number of aromatic nitrogens is 4. The summed E-state index contributed by atoms with van der Waals surface area (Å²) in [5, 5.41) is 0.333. The van der Waals surface area contributed by atoms with Crippen molar-refractivity contribution in [2.24, 2.45) is 12.8 Å². The van der Waals surface area contributed by atoms with Gasteiger partial charge >= 0.3 is 0 Å². The highest BCUT2D eigenvalue weighted by atomic mass is 32.1. The summed E-state index contributed by atoms with van der Waals surface area (Å²) in [6.45, 7) is 11.5. The van der Waals surface area contributed by atoms with E-state index in [1.807, 2.05) is 48.6 Å².